The largest absolute Gasteiger partial charge is 0.490 e. The number of para-hydroxylation sites is 2. The summed E-state index contributed by atoms with van der Waals surface area (Å²) in [5, 5.41) is 0. The van der Waals surface area contributed by atoms with Crippen LogP contribution in [0.4, 0.5) is 0 Å². The summed E-state index contributed by atoms with van der Waals surface area (Å²) in [6.07, 6.45) is 3.53. The van der Waals surface area contributed by atoms with Gasteiger partial charge in [-0.05, 0) is 31.4 Å². The van der Waals surface area contributed by atoms with Gasteiger partial charge in [0.05, 0.1) is 6.61 Å². The van der Waals surface area contributed by atoms with E-state index in [0.717, 1.165) is 37.4 Å². The third kappa shape index (κ3) is 2.91. The summed E-state index contributed by atoms with van der Waals surface area (Å²) >= 11 is 3.56. The van der Waals surface area contributed by atoms with E-state index in [-0.39, 0.29) is 0 Å². The predicted octanol–water partition coefficient (Wildman–Crippen LogP) is 3.78. The first-order chi connectivity index (χ1) is 7.79. The lowest BCUT2D eigenvalue weighted by Gasteiger charge is -2.32. The molecule has 2 nitrogen and oxygen atoms in total. The van der Waals surface area contributed by atoms with E-state index >= 15 is 0 Å². The van der Waals surface area contributed by atoms with Crippen LogP contribution in [-0.4, -0.2) is 17.5 Å². The monoisotopic (exact) mass is 284 g/mol. The van der Waals surface area contributed by atoms with Crippen LogP contribution in [-0.2, 0) is 0 Å². The van der Waals surface area contributed by atoms with Crippen LogP contribution in [0, 0.1) is 0 Å². The molecule has 0 radical (unpaired) electrons. The SMILES string of the molecule is CCCOc1ccccc1OC1CC(Br)C1. The van der Waals surface area contributed by atoms with Gasteiger partial charge in [-0.2, -0.15) is 0 Å². The molecule has 0 unspecified atom stereocenters. The number of ether oxygens (including phenoxy) is 2. The highest BCUT2D eigenvalue weighted by molar-refractivity contribution is 9.09. The summed E-state index contributed by atoms with van der Waals surface area (Å²) in [4.78, 5) is 0.626. The van der Waals surface area contributed by atoms with E-state index in [9.17, 15) is 0 Å². The number of hydrogen-bond donors (Lipinski definition) is 0. The van der Waals surface area contributed by atoms with Gasteiger partial charge in [0.2, 0.25) is 0 Å². The second-order valence-corrected chi connectivity index (χ2v) is 5.40. The summed E-state index contributed by atoms with van der Waals surface area (Å²) in [5.41, 5.74) is 0. The standard InChI is InChI=1S/C13H17BrO2/c1-2-7-15-12-5-3-4-6-13(12)16-11-8-10(14)9-11/h3-6,10-11H,2,7-9H2,1H3. The molecule has 1 aromatic carbocycles. The molecule has 1 fully saturated rings. The van der Waals surface area contributed by atoms with E-state index in [2.05, 4.69) is 22.9 Å². The molecule has 1 aliphatic carbocycles. The zero-order valence-electron chi connectivity index (χ0n) is 9.49. The second-order valence-electron chi connectivity index (χ2n) is 4.10. The Kier molecular flexibility index (Phi) is 4.10. The van der Waals surface area contributed by atoms with Crippen LogP contribution in [0.5, 0.6) is 11.5 Å². The van der Waals surface area contributed by atoms with E-state index in [1.807, 2.05) is 24.3 Å². The Morgan fingerprint density at radius 3 is 2.56 bits per heavy atom. The van der Waals surface area contributed by atoms with E-state index in [1.54, 1.807) is 0 Å². The molecule has 0 atom stereocenters. The van der Waals surface area contributed by atoms with E-state index in [4.69, 9.17) is 9.47 Å². The molecule has 0 bridgehead atoms. The number of rotatable bonds is 5. The van der Waals surface area contributed by atoms with Crippen LogP contribution < -0.4 is 9.47 Å². The summed E-state index contributed by atoms with van der Waals surface area (Å²) < 4.78 is 11.5. The van der Waals surface area contributed by atoms with Gasteiger partial charge >= 0.3 is 0 Å². The molecule has 1 aliphatic rings. The van der Waals surface area contributed by atoms with Gasteiger partial charge in [-0.15, -0.1) is 0 Å². The Morgan fingerprint density at radius 2 is 1.94 bits per heavy atom. The van der Waals surface area contributed by atoms with Crippen molar-refractivity contribution in [1.29, 1.82) is 0 Å². The van der Waals surface area contributed by atoms with Gasteiger partial charge < -0.3 is 9.47 Å². The van der Waals surface area contributed by atoms with E-state index in [0.29, 0.717) is 10.9 Å². The lowest BCUT2D eigenvalue weighted by molar-refractivity contribution is 0.122. The van der Waals surface area contributed by atoms with Crippen LogP contribution in [0.2, 0.25) is 0 Å². The minimum Gasteiger partial charge on any atom is -0.490 e. The molecule has 0 spiro atoms. The van der Waals surface area contributed by atoms with Gasteiger partial charge in [0.25, 0.3) is 0 Å². The Morgan fingerprint density at radius 1 is 1.25 bits per heavy atom. The first-order valence-electron chi connectivity index (χ1n) is 5.82. The summed E-state index contributed by atoms with van der Waals surface area (Å²) in [6.45, 7) is 2.84. The first-order valence-corrected chi connectivity index (χ1v) is 6.73. The normalized spacial score (nSPS) is 23.6. The van der Waals surface area contributed by atoms with Crippen molar-refractivity contribution >= 4 is 15.9 Å². The maximum Gasteiger partial charge on any atom is 0.161 e. The zero-order valence-corrected chi connectivity index (χ0v) is 11.1. The van der Waals surface area contributed by atoms with Gasteiger partial charge in [0.1, 0.15) is 6.10 Å². The number of benzene rings is 1. The second kappa shape index (κ2) is 5.58. The number of halogens is 1. The van der Waals surface area contributed by atoms with Crippen LogP contribution in [0.3, 0.4) is 0 Å². The van der Waals surface area contributed by atoms with Crippen molar-refractivity contribution < 1.29 is 9.47 Å². The lowest BCUT2D eigenvalue weighted by Crippen LogP contribution is -2.34. The molecule has 0 N–H and O–H groups in total. The molecule has 0 saturated heterocycles. The minimum absolute atomic E-state index is 0.343. The van der Waals surface area contributed by atoms with Crippen LogP contribution >= 0.6 is 15.9 Å². The molecule has 0 aromatic heterocycles. The highest BCUT2D eigenvalue weighted by Crippen LogP contribution is 2.34. The van der Waals surface area contributed by atoms with Crippen molar-refractivity contribution in [3.8, 4) is 11.5 Å². The summed E-state index contributed by atoms with van der Waals surface area (Å²) in [7, 11) is 0. The fraction of sp³-hybridized carbons (Fsp3) is 0.538. The topological polar surface area (TPSA) is 18.5 Å². The van der Waals surface area contributed by atoms with Gasteiger partial charge in [-0.3, -0.25) is 0 Å². The van der Waals surface area contributed by atoms with Crippen molar-refractivity contribution in [1.82, 2.24) is 0 Å². The first kappa shape index (κ1) is 11.8. The average Bonchev–Trinajstić information content (AvgIpc) is 2.26. The lowest BCUT2D eigenvalue weighted by atomic mass is 9.96. The van der Waals surface area contributed by atoms with Crippen molar-refractivity contribution in [2.75, 3.05) is 6.61 Å². The summed E-state index contributed by atoms with van der Waals surface area (Å²) in [5.74, 6) is 1.74. The maximum absolute atomic E-state index is 5.89. The summed E-state index contributed by atoms with van der Waals surface area (Å²) in [6, 6.07) is 7.91. The predicted molar refractivity (Wildman–Crippen MR) is 68.6 cm³/mol. The highest BCUT2D eigenvalue weighted by Gasteiger charge is 2.29. The Hall–Kier alpha value is -0.700. The van der Waals surface area contributed by atoms with Crippen molar-refractivity contribution in [2.24, 2.45) is 0 Å². The van der Waals surface area contributed by atoms with Crippen LogP contribution in [0.15, 0.2) is 24.3 Å². The highest BCUT2D eigenvalue weighted by atomic mass is 79.9. The fourth-order valence-corrected chi connectivity index (χ4v) is 2.49. The van der Waals surface area contributed by atoms with Crippen molar-refractivity contribution in [3.63, 3.8) is 0 Å². The van der Waals surface area contributed by atoms with Gasteiger partial charge in [0.15, 0.2) is 11.5 Å². The van der Waals surface area contributed by atoms with Gasteiger partial charge in [0, 0.05) is 4.83 Å². The van der Waals surface area contributed by atoms with Crippen LogP contribution in [0.1, 0.15) is 26.2 Å². The van der Waals surface area contributed by atoms with Crippen LogP contribution in [0.25, 0.3) is 0 Å². The minimum atomic E-state index is 0.343. The van der Waals surface area contributed by atoms with Crippen molar-refractivity contribution in [2.45, 2.75) is 37.1 Å². The molecule has 2 rings (SSSR count). The van der Waals surface area contributed by atoms with Gasteiger partial charge in [-0.1, -0.05) is 35.0 Å². The van der Waals surface area contributed by atoms with Crippen molar-refractivity contribution in [3.05, 3.63) is 24.3 Å². The molecular weight excluding hydrogens is 268 g/mol. The third-order valence-electron chi connectivity index (χ3n) is 2.64. The quantitative estimate of drug-likeness (QED) is 0.766. The molecule has 0 aliphatic heterocycles. The molecule has 16 heavy (non-hydrogen) atoms. The Bertz CT molecular complexity index is 334. The Balaban J connectivity index is 1.96. The molecular formula is C13H17BrO2. The zero-order chi connectivity index (χ0) is 11.4. The number of hydrogen-bond acceptors (Lipinski definition) is 2. The molecule has 3 heteroatoms. The van der Waals surface area contributed by atoms with E-state index in [1.165, 1.54) is 0 Å². The number of alkyl halides is 1. The molecule has 1 saturated carbocycles. The molecule has 88 valence electrons. The molecule has 0 amide bonds. The molecule has 1 aromatic rings. The van der Waals surface area contributed by atoms with Gasteiger partial charge in [-0.25, -0.2) is 0 Å². The third-order valence-corrected chi connectivity index (χ3v) is 3.39. The maximum atomic E-state index is 5.89. The Labute approximate surface area is 105 Å². The smallest absolute Gasteiger partial charge is 0.161 e. The van der Waals surface area contributed by atoms with E-state index < -0.39 is 0 Å². The molecule has 0 heterocycles. The average molecular weight is 285 g/mol. The fourth-order valence-electron chi connectivity index (χ4n) is 1.66.